The Labute approximate surface area is 62.3 Å². The van der Waals surface area contributed by atoms with Crippen LogP contribution in [0, 0.1) is 17.3 Å². The van der Waals surface area contributed by atoms with Gasteiger partial charge < -0.3 is 0 Å². The Balaban J connectivity index is 2.05. The van der Waals surface area contributed by atoms with E-state index >= 15 is 0 Å². The van der Waals surface area contributed by atoms with Gasteiger partial charge in [-0.05, 0) is 49.4 Å². The molecule has 54 valence electrons. The third-order valence-corrected chi connectivity index (χ3v) is 3.99. The summed E-state index contributed by atoms with van der Waals surface area (Å²) >= 11 is 0. The summed E-state index contributed by atoms with van der Waals surface area (Å²) in [6.45, 7) is 0. The van der Waals surface area contributed by atoms with Gasteiger partial charge in [-0.3, -0.25) is 0 Å². The molecule has 0 aromatic rings. The van der Waals surface area contributed by atoms with Crippen LogP contribution in [0.25, 0.3) is 0 Å². The minimum absolute atomic E-state index is 0.741. The molecule has 2 fully saturated rings. The summed E-state index contributed by atoms with van der Waals surface area (Å²) in [7, 11) is 0. The van der Waals surface area contributed by atoms with Gasteiger partial charge in [0.1, 0.15) is 0 Å². The Morgan fingerprint density at radius 2 is 2.40 bits per heavy atom. The molecule has 0 nitrogen and oxygen atoms in total. The van der Waals surface area contributed by atoms with Crippen molar-refractivity contribution in [1.29, 1.82) is 0 Å². The Morgan fingerprint density at radius 1 is 1.40 bits per heavy atom. The lowest BCUT2D eigenvalue weighted by Gasteiger charge is -2.26. The number of allylic oxidation sites excluding steroid dienone is 2. The van der Waals surface area contributed by atoms with Gasteiger partial charge in [-0.2, -0.15) is 0 Å². The third-order valence-electron chi connectivity index (χ3n) is 3.99. The van der Waals surface area contributed by atoms with Crippen molar-refractivity contribution in [3.8, 4) is 0 Å². The molecule has 0 saturated heterocycles. The highest BCUT2D eigenvalue weighted by molar-refractivity contribution is 5.18. The molecule has 3 unspecified atom stereocenters. The molecule has 0 radical (unpaired) electrons. The molecule has 0 heteroatoms. The monoisotopic (exact) mass is 134 g/mol. The zero-order valence-electron chi connectivity index (χ0n) is 6.34. The number of hydrogen-bond donors (Lipinski definition) is 0. The summed E-state index contributed by atoms with van der Waals surface area (Å²) in [5.74, 6) is 2.20. The second-order valence-electron chi connectivity index (χ2n) is 4.41. The fourth-order valence-corrected chi connectivity index (χ4v) is 3.51. The Kier molecular flexibility index (Phi) is 0.805. The quantitative estimate of drug-likeness (QED) is 0.447. The van der Waals surface area contributed by atoms with Gasteiger partial charge in [-0.25, -0.2) is 0 Å². The zero-order chi connectivity index (χ0) is 6.60. The summed E-state index contributed by atoms with van der Waals surface area (Å²) in [5, 5.41) is 0. The molecule has 10 heavy (non-hydrogen) atoms. The lowest BCUT2D eigenvalue weighted by Crippen LogP contribution is -2.17. The van der Waals surface area contributed by atoms with Crippen molar-refractivity contribution in [3.63, 3.8) is 0 Å². The predicted molar refractivity (Wildman–Crippen MR) is 41.6 cm³/mol. The molecule has 0 aromatic heterocycles. The van der Waals surface area contributed by atoms with Crippen molar-refractivity contribution in [3.05, 3.63) is 12.2 Å². The largest absolute Gasteiger partial charge is 0.0877 e. The van der Waals surface area contributed by atoms with Crippen LogP contribution in [0.15, 0.2) is 12.2 Å². The Hall–Kier alpha value is -0.260. The Morgan fingerprint density at radius 3 is 3.20 bits per heavy atom. The highest BCUT2D eigenvalue weighted by Gasteiger charge is 2.51. The van der Waals surface area contributed by atoms with E-state index in [2.05, 4.69) is 12.2 Å². The van der Waals surface area contributed by atoms with Crippen LogP contribution >= 0.6 is 0 Å². The van der Waals surface area contributed by atoms with Crippen LogP contribution in [0.3, 0.4) is 0 Å². The van der Waals surface area contributed by atoms with Gasteiger partial charge in [0.25, 0.3) is 0 Å². The molecular formula is C10H14. The first kappa shape index (κ1) is 5.40. The maximum absolute atomic E-state index is 2.53. The lowest BCUT2D eigenvalue weighted by molar-refractivity contribution is 0.271. The molecular weight excluding hydrogens is 120 g/mol. The van der Waals surface area contributed by atoms with Crippen LogP contribution in [0.4, 0.5) is 0 Å². The van der Waals surface area contributed by atoms with Crippen LogP contribution in [0.5, 0.6) is 0 Å². The molecule has 0 aliphatic heterocycles. The smallest absolute Gasteiger partial charge is 0.00842 e. The lowest BCUT2D eigenvalue weighted by atomic mass is 9.78. The first-order valence-electron chi connectivity index (χ1n) is 4.57. The van der Waals surface area contributed by atoms with E-state index in [4.69, 9.17) is 0 Å². The SMILES string of the molecule is C1=CC23CCC(CC2C1)C3. The van der Waals surface area contributed by atoms with E-state index in [0.29, 0.717) is 0 Å². The molecule has 0 heterocycles. The standard InChI is InChI=1S/C10H14/c1-2-9-6-8-3-5-10(9,4-1)7-8/h1,4,8-9H,2-3,5-7H2. The average Bonchev–Trinajstić information content (AvgIpc) is 2.48. The van der Waals surface area contributed by atoms with Crippen LogP contribution in [0.2, 0.25) is 0 Å². The number of hydrogen-bond acceptors (Lipinski definition) is 0. The number of rotatable bonds is 0. The van der Waals surface area contributed by atoms with Crippen LogP contribution in [0.1, 0.15) is 32.1 Å². The highest BCUT2D eigenvalue weighted by atomic mass is 14.6. The van der Waals surface area contributed by atoms with Crippen molar-refractivity contribution in [2.45, 2.75) is 32.1 Å². The molecule has 2 saturated carbocycles. The first-order valence-corrected chi connectivity index (χ1v) is 4.57. The minimum atomic E-state index is 0.741. The van der Waals surface area contributed by atoms with Crippen molar-refractivity contribution in [1.82, 2.24) is 0 Å². The molecule has 3 atom stereocenters. The summed E-state index contributed by atoms with van der Waals surface area (Å²) in [5.41, 5.74) is 0.741. The zero-order valence-corrected chi connectivity index (χ0v) is 6.34. The molecule has 0 amide bonds. The van der Waals surface area contributed by atoms with Gasteiger partial charge in [0.05, 0.1) is 0 Å². The van der Waals surface area contributed by atoms with E-state index in [0.717, 1.165) is 17.3 Å². The summed E-state index contributed by atoms with van der Waals surface area (Å²) < 4.78 is 0. The molecule has 0 aromatic carbocycles. The predicted octanol–water partition coefficient (Wildman–Crippen LogP) is 2.75. The van der Waals surface area contributed by atoms with Gasteiger partial charge in [0, 0.05) is 0 Å². The minimum Gasteiger partial charge on any atom is -0.0877 e. The van der Waals surface area contributed by atoms with E-state index in [9.17, 15) is 0 Å². The molecule has 1 spiro atoms. The topological polar surface area (TPSA) is 0 Å². The van der Waals surface area contributed by atoms with Crippen molar-refractivity contribution >= 4 is 0 Å². The van der Waals surface area contributed by atoms with Crippen LogP contribution in [-0.2, 0) is 0 Å². The van der Waals surface area contributed by atoms with Gasteiger partial charge in [-0.15, -0.1) is 0 Å². The van der Waals surface area contributed by atoms with Crippen LogP contribution < -0.4 is 0 Å². The van der Waals surface area contributed by atoms with Gasteiger partial charge in [0.2, 0.25) is 0 Å². The first-order chi connectivity index (χ1) is 4.89. The number of fused-ring (bicyclic) bond motifs is 1. The average molecular weight is 134 g/mol. The second kappa shape index (κ2) is 1.49. The van der Waals surface area contributed by atoms with E-state index in [1.165, 1.54) is 25.7 Å². The fourth-order valence-electron chi connectivity index (χ4n) is 3.51. The van der Waals surface area contributed by atoms with Gasteiger partial charge in [0.15, 0.2) is 0 Å². The van der Waals surface area contributed by atoms with Gasteiger partial charge >= 0.3 is 0 Å². The van der Waals surface area contributed by atoms with E-state index in [1.807, 2.05) is 0 Å². The second-order valence-corrected chi connectivity index (χ2v) is 4.41. The molecule has 3 aliphatic rings. The van der Waals surface area contributed by atoms with Gasteiger partial charge in [-0.1, -0.05) is 12.2 Å². The third kappa shape index (κ3) is 0.457. The molecule has 2 bridgehead atoms. The Bertz CT molecular complexity index is 192. The van der Waals surface area contributed by atoms with E-state index in [1.54, 1.807) is 6.42 Å². The molecule has 0 N–H and O–H groups in total. The molecule has 3 aliphatic carbocycles. The summed E-state index contributed by atoms with van der Waals surface area (Å²) in [4.78, 5) is 0. The molecule has 3 rings (SSSR count). The maximum atomic E-state index is 2.53. The van der Waals surface area contributed by atoms with E-state index < -0.39 is 0 Å². The van der Waals surface area contributed by atoms with E-state index in [-0.39, 0.29) is 0 Å². The normalized spacial score (nSPS) is 56.0. The fraction of sp³-hybridized carbons (Fsp3) is 0.800. The highest BCUT2D eigenvalue weighted by Crippen LogP contribution is 2.61. The maximum Gasteiger partial charge on any atom is -0.00842 e. The van der Waals surface area contributed by atoms with Crippen molar-refractivity contribution < 1.29 is 0 Å². The summed E-state index contributed by atoms with van der Waals surface area (Å²) in [6, 6.07) is 0. The van der Waals surface area contributed by atoms with Crippen LogP contribution in [-0.4, -0.2) is 0 Å². The summed E-state index contributed by atoms with van der Waals surface area (Å²) in [6.07, 6.45) is 12.5. The van der Waals surface area contributed by atoms with Crippen molar-refractivity contribution in [2.75, 3.05) is 0 Å². The van der Waals surface area contributed by atoms with Crippen molar-refractivity contribution in [2.24, 2.45) is 17.3 Å².